The monoisotopic (exact) mass is 522 g/mol. The van der Waals surface area contributed by atoms with Crippen LogP contribution in [0.15, 0.2) is 127 Å². The van der Waals surface area contributed by atoms with Gasteiger partial charge in [0.1, 0.15) is 5.29 Å². The first-order chi connectivity index (χ1) is 18.9. The third-order valence-electron chi connectivity index (χ3n) is 7.38. The predicted molar refractivity (Wildman–Crippen MR) is 162 cm³/mol. The third-order valence-corrected chi connectivity index (χ3v) is 13.0. The molecule has 3 unspecified atom stereocenters. The molecule has 0 amide bonds. The smallest absolute Gasteiger partial charge is 0.208 e. The van der Waals surface area contributed by atoms with Crippen LogP contribution in [-0.4, -0.2) is 25.9 Å². The maximum Gasteiger partial charge on any atom is 0.344 e. The minimum Gasteiger partial charge on any atom is -0.208 e. The van der Waals surface area contributed by atoms with Crippen molar-refractivity contribution in [3.05, 3.63) is 133 Å². The lowest BCUT2D eigenvalue weighted by molar-refractivity contribution is 1.11. The molecular weight excluding hydrogens is 500 g/mol. The van der Waals surface area contributed by atoms with Crippen molar-refractivity contribution >= 4 is 47.8 Å². The second-order valence-electron chi connectivity index (χ2n) is 9.53. The highest BCUT2D eigenvalue weighted by Crippen LogP contribution is 2.58. The molecule has 0 saturated heterocycles. The first-order valence-corrected chi connectivity index (χ1v) is 15.5. The van der Waals surface area contributed by atoms with Crippen molar-refractivity contribution in [1.29, 1.82) is 0 Å². The van der Waals surface area contributed by atoms with Gasteiger partial charge in [0, 0.05) is 16.4 Å². The fourth-order valence-corrected chi connectivity index (χ4v) is 12.3. The summed E-state index contributed by atoms with van der Waals surface area (Å²) in [5.41, 5.74) is 6.13. The van der Waals surface area contributed by atoms with Gasteiger partial charge >= 0.3 is 5.57 Å². The Kier molecular flexibility index (Phi) is 5.08. The second kappa shape index (κ2) is 8.77. The van der Waals surface area contributed by atoms with Crippen molar-refractivity contribution < 1.29 is 0 Å². The van der Waals surface area contributed by atoms with E-state index in [0.29, 0.717) is 5.66 Å². The van der Waals surface area contributed by atoms with Crippen LogP contribution in [0.5, 0.6) is 0 Å². The van der Waals surface area contributed by atoms with Crippen molar-refractivity contribution in [2.24, 2.45) is 0 Å². The molecule has 0 N–H and O–H groups in total. The summed E-state index contributed by atoms with van der Waals surface area (Å²) in [5, 5.41) is 5.80. The Balaban J connectivity index is 1.42. The van der Waals surface area contributed by atoms with E-state index < -0.39 is 15.5 Å². The summed E-state index contributed by atoms with van der Waals surface area (Å²) in [6, 6.07) is 38.6. The van der Waals surface area contributed by atoms with Gasteiger partial charge in [-0.2, -0.15) is 9.97 Å². The molecule has 3 nitrogen and oxygen atoms in total. The quantitative estimate of drug-likeness (QED) is 0.290. The van der Waals surface area contributed by atoms with Gasteiger partial charge in [-0.3, -0.25) is 0 Å². The molecule has 8 rings (SSSR count). The number of fused-ring (bicyclic) bond motifs is 5. The molecule has 3 aliphatic rings. The summed E-state index contributed by atoms with van der Waals surface area (Å²) < 4.78 is 0. The molecule has 0 fully saturated rings. The molecule has 1 aliphatic carbocycles. The van der Waals surface area contributed by atoms with Gasteiger partial charge in [0.05, 0.1) is 5.66 Å². The van der Waals surface area contributed by atoms with Crippen molar-refractivity contribution in [1.82, 2.24) is 15.0 Å². The van der Waals surface area contributed by atoms with Gasteiger partial charge < -0.3 is 0 Å². The summed E-state index contributed by atoms with van der Waals surface area (Å²) in [4.78, 5) is 15.4. The first kappa shape index (κ1) is 22.0. The summed E-state index contributed by atoms with van der Waals surface area (Å²) in [6.45, 7) is 0. The van der Waals surface area contributed by atoms with Crippen LogP contribution in [0.2, 0.25) is 0 Å². The van der Waals surface area contributed by atoms with E-state index in [1.54, 1.807) is 0 Å². The third kappa shape index (κ3) is 3.33. The maximum absolute atomic E-state index is 5.20. The number of rotatable bonds is 3. The van der Waals surface area contributed by atoms with Crippen LogP contribution in [-0.2, 0) is 0 Å². The van der Waals surface area contributed by atoms with Crippen LogP contribution < -0.4 is 21.5 Å². The Bertz CT molecular complexity index is 1770. The summed E-state index contributed by atoms with van der Waals surface area (Å²) in [5.74, 6) is 1.46. The zero-order valence-corrected chi connectivity index (χ0v) is 22.2. The topological polar surface area (TPSA) is 38.7 Å². The van der Waals surface area contributed by atoms with Gasteiger partial charge in [-0.05, 0) is 42.6 Å². The minimum absolute atomic E-state index is 0.380. The normalized spacial score (nSPS) is 19.4. The van der Waals surface area contributed by atoms with Crippen LogP contribution in [0.1, 0.15) is 5.56 Å². The summed E-state index contributed by atoms with van der Waals surface area (Å²) in [7, 11) is -1.44. The van der Waals surface area contributed by atoms with E-state index >= 15 is 0 Å². The molecule has 38 heavy (non-hydrogen) atoms. The molecule has 1 aromatic heterocycles. The van der Waals surface area contributed by atoms with E-state index in [1.807, 2.05) is 36.4 Å². The highest BCUT2D eigenvalue weighted by atomic mass is 31.1. The number of allylic oxidation sites excluding steroid dienone is 4. The Morgan fingerprint density at radius 2 is 1.21 bits per heavy atom. The second-order valence-corrected chi connectivity index (χ2v) is 13.8. The number of aromatic nitrogens is 3. The Morgan fingerprint density at radius 3 is 1.92 bits per heavy atom. The van der Waals surface area contributed by atoms with Gasteiger partial charge in [-0.1, -0.05) is 109 Å². The van der Waals surface area contributed by atoms with Crippen molar-refractivity contribution in [2.45, 2.75) is 5.66 Å². The largest absolute Gasteiger partial charge is 0.344 e. The molecule has 4 aromatic carbocycles. The van der Waals surface area contributed by atoms with Gasteiger partial charge in [-0.25, -0.2) is 4.98 Å². The van der Waals surface area contributed by atoms with E-state index in [0.717, 1.165) is 28.3 Å². The van der Waals surface area contributed by atoms with E-state index in [4.69, 9.17) is 15.0 Å². The highest BCUT2D eigenvalue weighted by molar-refractivity contribution is 7.85. The summed E-state index contributed by atoms with van der Waals surface area (Å²) in [6.07, 6.45) is 6.91. The average Bonchev–Trinajstić information content (AvgIpc) is 3.34. The van der Waals surface area contributed by atoms with Gasteiger partial charge in [-0.15, -0.1) is 0 Å². The first-order valence-electron chi connectivity index (χ1n) is 12.8. The van der Waals surface area contributed by atoms with E-state index in [-0.39, 0.29) is 0 Å². The van der Waals surface area contributed by atoms with Crippen molar-refractivity contribution in [3.63, 3.8) is 0 Å². The molecular formula is C33H22N3P2+. The van der Waals surface area contributed by atoms with Gasteiger partial charge in [0.25, 0.3) is 0 Å². The molecule has 3 heterocycles. The number of hydrogen-bond acceptors (Lipinski definition) is 3. The van der Waals surface area contributed by atoms with Gasteiger partial charge in [0.15, 0.2) is 17.0 Å². The molecule has 0 spiro atoms. The average molecular weight is 523 g/mol. The molecule has 5 aromatic rings. The summed E-state index contributed by atoms with van der Waals surface area (Å²) >= 11 is 0. The lowest BCUT2D eigenvalue weighted by Crippen LogP contribution is -2.38. The Labute approximate surface area is 223 Å². The lowest BCUT2D eigenvalue weighted by atomic mass is 9.97. The van der Waals surface area contributed by atoms with Crippen molar-refractivity contribution in [2.75, 3.05) is 0 Å². The molecule has 0 bridgehead atoms. The number of nitrogens with zero attached hydrogens (tertiary/aromatic N) is 3. The zero-order chi connectivity index (χ0) is 25.1. The van der Waals surface area contributed by atoms with Crippen LogP contribution in [0.3, 0.4) is 0 Å². The van der Waals surface area contributed by atoms with E-state index in [9.17, 15) is 0 Å². The fraction of sp³-hybridized carbons (Fsp3) is 0.0303. The number of benzene rings is 4. The molecule has 2 aliphatic heterocycles. The van der Waals surface area contributed by atoms with Crippen molar-refractivity contribution in [3.8, 4) is 22.8 Å². The molecule has 3 atom stereocenters. The highest BCUT2D eigenvalue weighted by Gasteiger charge is 2.51. The SMILES string of the molecule is C1=CC2=[P+](c3nc(-c4ccccc4)nc(-c4ccccc4)n3)c3ccccc3P3c4ccccc4C(=C1)C23. The number of hydrogen-bond donors (Lipinski definition) is 0. The Hall–Kier alpha value is -4.03. The maximum atomic E-state index is 5.20. The molecule has 0 saturated carbocycles. The van der Waals surface area contributed by atoms with Crippen LogP contribution in [0, 0.1) is 0 Å². The minimum atomic E-state index is -0.926. The zero-order valence-electron chi connectivity index (χ0n) is 20.4. The van der Waals surface area contributed by atoms with Crippen LogP contribution >= 0.6 is 15.5 Å². The van der Waals surface area contributed by atoms with E-state index in [1.165, 1.54) is 32.3 Å². The van der Waals surface area contributed by atoms with Crippen LogP contribution in [0.4, 0.5) is 0 Å². The molecule has 5 heteroatoms. The standard InChI is InChI=1S/C33H22N3P2/c1-3-12-22(13-4-1)31-34-32(23-14-5-2-6-15-23)36-33(35-31)38-28-20-10-9-19-27(28)37-26-18-8-7-16-24(26)25-17-11-21-29(38)30(25)37/h1-21,30H/q+1. The van der Waals surface area contributed by atoms with E-state index in [2.05, 4.69) is 91.0 Å². The predicted octanol–water partition coefficient (Wildman–Crippen LogP) is 5.59. The molecule has 0 radical (unpaired) electrons. The lowest BCUT2D eigenvalue weighted by Gasteiger charge is -2.27. The van der Waals surface area contributed by atoms with Gasteiger partial charge in [0.2, 0.25) is 7.55 Å². The fourth-order valence-electron chi connectivity index (χ4n) is 5.75. The van der Waals surface area contributed by atoms with Crippen LogP contribution in [0.25, 0.3) is 28.3 Å². The molecule has 178 valence electrons. The Morgan fingerprint density at radius 1 is 0.605 bits per heavy atom.